The average molecular weight is 342 g/mol. The number of aromatic nitrogens is 1. The van der Waals surface area contributed by atoms with Crippen molar-refractivity contribution in [2.24, 2.45) is 0 Å². The third-order valence-electron chi connectivity index (χ3n) is 4.10. The van der Waals surface area contributed by atoms with Gasteiger partial charge in [-0.05, 0) is 49.6 Å². The van der Waals surface area contributed by atoms with Gasteiger partial charge in [0.05, 0.1) is 5.56 Å². The fourth-order valence-electron chi connectivity index (χ4n) is 3.10. The minimum atomic E-state index is -1.01. The number of hydrogen-bond acceptors (Lipinski definition) is 2. The first-order valence-electron chi connectivity index (χ1n) is 7.51. The van der Waals surface area contributed by atoms with Crippen molar-refractivity contribution in [3.05, 3.63) is 69.4 Å². The predicted molar refractivity (Wildman–Crippen MR) is 94.3 cm³/mol. The number of aromatic amines is 1. The molecule has 0 saturated carbocycles. The topological polar surface area (TPSA) is 70.2 Å². The van der Waals surface area contributed by atoms with Crippen LogP contribution in [0.5, 0.6) is 0 Å². The molecule has 2 N–H and O–H groups in total. The van der Waals surface area contributed by atoms with Crippen molar-refractivity contribution in [3.63, 3.8) is 0 Å². The van der Waals surface area contributed by atoms with Gasteiger partial charge >= 0.3 is 5.97 Å². The molecule has 0 atom stereocenters. The molecule has 0 bridgehead atoms. The number of fused-ring (bicyclic) bond motifs is 1. The first kappa shape index (κ1) is 16.3. The monoisotopic (exact) mass is 341 g/mol. The molecule has 3 aromatic rings. The summed E-state index contributed by atoms with van der Waals surface area (Å²) in [6, 6.07) is 10.6. The number of aryl methyl sites for hydroxylation is 1. The third-order valence-corrected chi connectivity index (χ3v) is 4.47. The van der Waals surface area contributed by atoms with Gasteiger partial charge in [-0.25, -0.2) is 4.79 Å². The molecule has 4 nitrogen and oxygen atoms in total. The van der Waals surface area contributed by atoms with Crippen LogP contribution in [0.1, 0.15) is 44.5 Å². The van der Waals surface area contributed by atoms with E-state index in [-0.39, 0.29) is 11.3 Å². The van der Waals surface area contributed by atoms with Crippen LogP contribution in [0.25, 0.3) is 10.9 Å². The van der Waals surface area contributed by atoms with Crippen molar-refractivity contribution in [3.8, 4) is 0 Å². The quantitative estimate of drug-likeness (QED) is 0.680. The molecule has 0 aliphatic heterocycles. The lowest BCUT2D eigenvalue weighted by molar-refractivity contribution is 0.0696. The first-order valence-corrected chi connectivity index (χ1v) is 7.89. The van der Waals surface area contributed by atoms with Crippen LogP contribution < -0.4 is 0 Å². The molecule has 3 rings (SSSR count). The number of carbonyl (C=O) groups excluding carboxylic acids is 1. The highest BCUT2D eigenvalue weighted by Gasteiger charge is 2.19. The van der Waals surface area contributed by atoms with Gasteiger partial charge in [0.25, 0.3) is 0 Å². The zero-order chi connectivity index (χ0) is 17.4. The molecule has 1 aromatic heterocycles. The number of carbonyl (C=O) groups is 2. The van der Waals surface area contributed by atoms with E-state index in [1.807, 2.05) is 25.1 Å². The van der Waals surface area contributed by atoms with E-state index in [2.05, 4.69) is 4.98 Å². The van der Waals surface area contributed by atoms with Crippen LogP contribution >= 0.6 is 11.6 Å². The summed E-state index contributed by atoms with van der Waals surface area (Å²) in [7, 11) is 0. The highest BCUT2D eigenvalue weighted by molar-refractivity contribution is 6.31. The zero-order valence-electron chi connectivity index (χ0n) is 13.3. The van der Waals surface area contributed by atoms with Gasteiger partial charge in [-0.2, -0.15) is 0 Å². The number of rotatable bonds is 4. The Bertz CT molecular complexity index is 972. The lowest BCUT2D eigenvalue weighted by Gasteiger charge is -2.09. The zero-order valence-corrected chi connectivity index (χ0v) is 14.1. The highest BCUT2D eigenvalue weighted by atomic mass is 35.5. The molecule has 0 radical (unpaired) electrons. The maximum atomic E-state index is 12.1. The molecule has 0 spiro atoms. The number of carboxylic acids is 1. The van der Waals surface area contributed by atoms with E-state index in [1.165, 1.54) is 6.92 Å². The van der Waals surface area contributed by atoms with Gasteiger partial charge in [0.2, 0.25) is 0 Å². The van der Waals surface area contributed by atoms with Crippen LogP contribution in [0.3, 0.4) is 0 Å². The Hall–Kier alpha value is -2.59. The molecule has 0 unspecified atom stereocenters. The Balaban J connectivity index is 2.29. The van der Waals surface area contributed by atoms with Gasteiger partial charge in [0.15, 0.2) is 5.78 Å². The smallest absolute Gasteiger partial charge is 0.335 e. The second-order valence-corrected chi connectivity index (χ2v) is 6.22. The number of halogens is 1. The van der Waals surface area contributed by atoms with Crippen LogP contribution in [0.2, 0.25) is 5.02 Å². The Labute approximate surface area is 144 Å². The summed E-state index contributed by atoms with van der Waals surface area (Å²) < 4.78 is 0. The minimum Gasteiger partial charge on any atom is -0.478 e. The van der Waals surface area contributed by atoms with Gasteiger partial charge < -0.3 is 10.1 Å². The van der Waals surface area contributed by atoms with Crippen molar-refractivity contribution in [2.75, 3.05) is 0 Å². The Morgan fingerprint density at radius 2 is 1.88 bits per heavy atom. The van der Waals surface area contributed by atoms with E-state index in [0.717, 1.165) is 22.2 Å². The lowest BCUT2D eigenvalue weighted by atomic mass is 9.95. The molecule has 0 aliphatic carbocycles. The molecule has 1 heterocycles. The van der Waals surface area contributed by atoms with Crippen molar-refractivity contribution in [2.45, 2.75) is 20.3 Å². The second kappa shape index (κ2) is 6.13. The molecule has 122 valence electrons. The number of nitrogens with one attached hydrogen (secondary N) is 1. The Morgan fingerprint density at radius 1 is 1.17 bits per heavy atom. The number of Topliss-reactive ketones (excluding diaryl/α,β-unsaturated/α-hetero) is 1. The molecular formula is C19H16ClNO3. The predicted octanol–water partition coefficient (Wildman–Crippen LogP) is 4.62. The van der Waals surface area contributed by atoms with Crippen molar-refractivity contribution in [1.82, 2.24) is 4.98 Å². The normalized spacial score (nSPS) is 11.0. The summed E-state index contributed by atoms with van der Waals surface area (Å²) in [6.45, 7) is 3.33. The third kappa shape index (κ3) is 2.81. The molecule has 2 aromatic carbocycles. The van der Waals surface area contributed by atoms with Crippen LogP contribution in [0.4, 0.5) is 0 Å². The van der Waals surface area contributed by atoms with E-state index in [1.54, 1.807) is 18.2 Å². The SMILES string of the molecule is CC(=O)c1c(C)[nH]c2cc(C(=O)O)cc(Cc3ccccc3Cl)c12. The summed E-state index contributed by atoms with van der Waals surface area (Å²) in [4.78, 5) is 26.6. The van der Waals surface area contributed by atoms with Crippen LogP contribution in [-0.4, -0.2) is 21.8 Å². The maximum Gasteiger partial charge on any atom is 0.335 e. The largest absolute Gasteiger partial charge is 0.478 e. The van der Waals surface area contributed by atoms with Gasteiger partial charge in [-0.15, -0.1) is 0 Å². The van der Waals surface area contributed by atoms with Crippen molar-refractivity contribution < 1.29 is 14.7 Å². The summed E-state index contributed by atoms with van der Waals surface area (Å²) in [5, 5.41) is 10.8. The minimum absolute atomic E-state index is 0.0535. The van der Waals surface area contributed by atoms with Crippen molar-refractivity contribution in [1.29, 1.82) is 0 Å². The van der Waals surface area contributed by atoms with E-state index in [4.69, 9.17) is 11.6 Å². The van der Waals surface area contributed by atoms with Crippen LogP contribution in [-0.2, 0) is 6.42 Å². The molecule has 0 fully saturated rings. The maximum absolute atomic E-state index is 12.1. The molecule has 0 amide bonds. The summed E-state index contributed by atoms with van der Waals surface area (Å²) in [5.74, 6) is -1.06. The van der Waals surface area contributed by atoms with Crippen LogP contribution in [0.15, 0.2) is 36.4 Å². The van der Waals surface area contributed by atoms with E-state index in [0.29, 0.717) is 22.5 Å². The van der Waals surface area contributed by atoms with Gasteiger partial charge in [-0.3, -0.25) is 4.79 Å². The van der Waals surface area contributed by atoms with Crippen LogP contribution in [0, 0.1) is 6.92 Å². The van der Waals surface area contributed by atoms with E-state index in [9.17, 15) is 14.7 Å². The van der Waals surface area contributed by atoms with Gasteiger partial charge in [-0.1, -0.05) is 29.8 Å². The van der Waals surface area contributed by atoms with E-state index >= 15 is 0 Å². The van der Waals surface area contributed by atoms with Gasteiger partial charge in [0.1, 0.15) is 0 Å². The Kier molecular flexibility index (Phi) is 4.16. The fourth-order valence-corrected chi connectivity index (χ4v) is 3.30. The van der Waals surface area contributed by atoms with E-state index < -0.39 is 5.97 Å². The summed E-state index contributed by atoms with van der Waals surface area (Å²) >= 11 is 6.24. The molecule has 0 aliphatic rings. The first-order chi connectivity index (χ1) is 11.4. The molecular weight excluding hydrogens is 326 g/mol. The van der Waals surface area contributed by atoms with Gasteiger partial charge in [0, 0.05) is 27.2 Å². The lowest BCUT2D eigenvalue weighted by Crippen LogP contribution is -2.01. The number of hydrogen-bond donors (Lipinski definition) is 2. The molecule has 5 heteroatoms. The molecule has 0 saturated heterocycles. The standard InChI is InChI=1S/C19H16ClNO3/c1-10-17(11(2)22)18-13(7-12-5-3-4-6-15(12)20)8-14(19(23)24)9-16(18)21-10/h3-6,8-9,21H,7H2,1-2H3,(H,23,24). The summed E-state index contributed by atoms with van der Waals surface area (Å²) in [5.41, 5.74) is 3.83. The number of aromatic carboxylic acids is 1. The summed E-state index contributed by atoms with van der Waals surface area (Å²) in [6.07, 6.45) is 0.453. The van der Waals surface area contributed by atoms with Crippen molar-refractivity contribution >= 4 is 34.3 Å². The number of carboxylic acid groups (broad SMARTS) is 1. The fraction of sp³-hybridized carbons (Fsp3) is 0.158. The Morgan fingerprint density at radius 3 is 2.50 bits per heavy atom. The number of ketones is 1. The highest BCUT2D eigenvalue weighted by Crippen LogP contribution is 2.31. The number of H-pyrrole nitrogens is 1. The number of benzene rings is 2. The molecule has 24 heavy (non-hydrogen) atoms. The second-order valence-electron chi connectivity index (χ2n) is 5.81. The average Bonchev–Trinajstić information content (AvgIpc) is 2.85.